The molecule has 0 saturated heterocycles. The number of nitrogens with zero attached hydrogens (tertiary/aromatic N) is 1. The molecule has 24 heavy (non-hydrogen) atoms. The van der Waals surface area contributed by atoms with Crippen molar-refractivity contribution in [2.75, 3.05) is 0 Å². The zero-order valence-corrected chi connectivity index (χ0v) is 14.2. The van der Waals surface area contributed by atoms with Gasteiger partial charge in [0.05, 0.1) is 0 Å². The van der Waals surface area contributed by atoms with Gasteiger partial charge >= 0.3 is 0 Å². The molecule has 0 aliphatic heterocycles. The molecule has 2 aliphatic rings. The van der Waals surface area contributed by atoms with Gasteiger partial charge < -0.3 is 5.32 Å². The molecule has 1 fully saturated rings. The van der Waals surface area contributed by atoms with Gasteiger partial charge in [0.2, 0.25) is 5.78 Å². The van der Waals surface area contributed by atoms with Crippen LogP contribution in [-0.4, -0.2) is 22.6 Å². The minimum absolute atomic E-state index is 0.0465. The average Bonchev–Trinajstić information content (AvgIpc) is 2.88. The Morgan fingerprint density at radius 1 is 1.04 bits per heavy atom. The van der Waals surface area contributed by atoms with Gasteiger partial charge in [-0.05, 0) is 30.4 Å². The number of thiocarbonyl (C=S) groups is 1. The smallest absolute Gasteiger partial charge is 0.214 e. The predicted molar refractivity (Wildman–Crippen MR) is 101 cm³/mol. The monoisotopic (exact) mass is 337 g/mol. The van der Waals surface area contributed by atoms with Gasteiger partial charge in [0.15, 0.2) is 5.11 Å². The van der Waals surface area contributed by atoms with Crippen molar-refractivity contribution in [3.63, 3.8) is 0 Å². The Bertz CT molecular complexity index is 848. The van der Waals surface area contributed by atoms with E-state index in [1.54, 1.807) is 0 Å². The standard InChI is InChI=1S/C19H19N3OS/c23-18-15-11-5-7-12-6-4-10-14(16(12)15)17(18)21-22-19(24)20-13-8-2-1-3-9-13/h4-7,10-11,13H,1-3,8-9H2,(H2,20,22,24)/b21-17+. The summed E-state index contributed by atoms with van der Waals surface area (Å²) in [6, 6.07) is 12.1. The molecule has 2 aromatic carbocycles. The molecular formula is C19H19N3OS. The second-order valence-corrected chi connectivity index (χ2v) is 6.83. The lowest BCUT2D eigenvalue weighted by molar-refractivity contribution is 0.106. The van der Waals surface area contributed by atoms with Crippen LogP contribution >= 0.6 is 12.2 Å². The van der Waals surface area contributed by atoms with Crippen LogP contribution in [0.25, 0.3) is 10.8 Å². The van der Waals surface area contributed by atoms with Crippen LogP contribution in [0.15, 0.2) is 41.5 Å². The van der Waals surface area contributed by atoms with Crippen LogP contribution in [0.5, 0.6) is 0 Å². The van der Waals surface area contributed by atoms with Crippen molar-refractivity contribution in [2.24, 2.45) is 5.10 Å². The average molecular weight is 337 g/mol. The molecule has 122 valence electrons. The zero-order valence-electron chi connectivity index (χ0n) is 13.3. The molecule has 5 heteroatoms. The molecule has 4 nitrogen and oxygen atoms in total. The highest BCUT2D eigenvalue weighted by Gasteiger charge is 2.28. The molecule has 2 aliphatic carbocycles. The van der Waals surface area contributed by atoms with E-state index in [9.17, 15) is 4.79 Å². The van der Waals surface area contributed by atoms with Crippen molar-refractivity contribution in [3.8, 4) is 0 Å². The first-order chi connectivity index (χ1) is 11.7. The number of hydrazone groups is 1. The van der Waals surface area contributed by atoms with E-state index in [0.717, 1.165) is 34.7 Å². The molecule has 0 bridgehead atoms. The van der Waals surface area contributed by atoms with Crippen molar-refractivity contribution in [1.82, 2.24) is 10.7 Å². The highest BCUT2D eigenvalue weighted by Crippen LogP contribution is 2.30. The van der Waals surface area contributed by atoms with Crippen LogP contribution < -0.4 is 10.7 Å². The van der Waals surface area contributed by atoms with Gasteiger partial charge in [-0.2, -0.15) is 5.10 Å². The molecule has 0 heterocycles. The van der Waals surface area contributed by atoms with Gasteiger partial charge in [-0.25, -0.2) is 0 Å². The third-order valence-electron chi connectivity index (χ3n) is 4.83. The molecule has 0 aromatic heterocycles. The number of ketones is 1. The van der Waals surface area contributed by atoms with E-state index < -0.39 is 0 Å². The van der Waals surface area contributed by atoms with Crippen LogP contribution in [0.4, 0.5) is 0 Å². The number of rotatable bonds is 2. The molecule has 0 amide bonds. The maximum absolute atomic E-state index is 12.6. The number of carbonyl (C=O) groups is 1. The fraction of sp³-hybridized carbons (Fsp3) is 0.316. The summed E-state index contributed by atoms with van der Waals surface area (Å²) in [5.74, 6) is -0.0465. The molecular weight excluding hydrogens is 318 g/mol. The normalized spacial score (nSPS) is 19.0. The first-order valence-corrected chi connectivity index (χ1v) is 8.86. The van der Waals surface area contributed by atoms with Crippen molar-refractivity contribution in [3.05, 3.63) is 47.5 Å². The zero-order chi connectivity index (χ0) is 16.5. The van der Waals surface area contributed by atoms with Gasteiger partial charge in [-0.1, -0.05) is 55.7 Å². The second-order valence-electron chi connectivity index (χ2n) is 6.42. The van der Waals surface area contributed by atoms with E-state index in [1.165, 1.54) is 19.3 Å². The van der Waals surface area contributed by atoms with Crippen LogP contribution in [0.1, 0.15) is 48.0 Å². The minimum Gasteiger partial charge on any atom is -0.359 e. The Balaban J connectivity index is 1.54. The Morgan fingerprint density at radius 2 is 1.75 bits per heavy atom. The first-order valence-electron chi connectivity index (χ1n) is 8.45. The molecule has 1 saturated carbocycles. The number of Topliss-reactive ketones (excluding diaryl/α,β-unsaturated/α-hetero) is 1. The van der Waals surface area contributed by atoms with Crippen LogP contribution in [0.3, 0.4) is 0 Å². The van der Waals surface area contributed by atoms with Crippen molar-refractivity contribution in [2.45, 2.75) is 38.1 Å². The molecule has 0 radical (unpaired) electrons. The molecule has 0 spiro atoms. The highest BCUT2D eigenvalue weighted by molar-refractivity contribution is 7.80. The van der Waals surface area contributed by atoms with E-state index >= 15 is 0 Å². The molecule has 2 N–H and O–H groups in total. The molecule has 0 unspecified atom stereocenters. The van der Waals surface area contributed by atoms with Gasteiger partial charge in [0.25, 0.3) is 0 Å². The Labute approximate surface area is 146 Å². The maximum Gasteiger partial charge on any atom is 0.214 e. The van der Waals surface area contributed by atoms with Gasteiger partial charge in [-0.3, -0.25) is 10.2 Å². The number of benzene rings is 2. The first kappa shape index (κ1) is 15.3. The lowest BCUT2D eigenvalue weighted by Crippen LogP contribution is -2.41. The summed E-state index contributed by atoms with van der Waals surface area (Å²) < 4.78 is 0. The van der Waals surface area contributed by atoms with Crippen molar-refractivity contribution < 1.29 is 4.79 Å². The minimum atomic E-state index is -0.0465. The molecule has 2 aromatic rings. The SMILES string of the molecule is O=C1/C(=N/NC(=S)NC2CCCCC2)c2cccc3cccc1c23. The van der Waals surface area contributed by atoms with E-state index in [4.69, 9.17) is 12.2 Å². The summed E-state index contributed by atoms with van der Waals surface area (Å²) in [6.45, 7) is 0. The summed E-state index contributed by atoms with van der Waals surface area (Å²) in [5.41, 5.74) is 4.90. The van der Waals surface area contributed by atoms with Crippen LogP contribution in [0, 0.1) is 0 Å². The number of nitrogens with one attached hydrogen (secondary N) is 2. The maximum atomic E-state index is 12.6. The van der Waals surface area contributed by atoms with E-state index in [1.807, 2.05) is 36.4 Å². The van der Waals surface area contributed by atoms with E-state index in [0.29, 0.717) is 16.9 Å². The number of hydrogen-bond acceptors (Lipinski definition) is 3. The molecule has 0 atom stereocenters. The highest BCUT2D eigenvalue weighted by atomic mass is 32.1. The number of carbonyl (C=O) groups excluding carboxylic acids is 1. The fourth-order valence-electron chi connectivity index (χ4n) is 3.66. The lowest BCUT2D eigenvalue weighted by atomic mass is 9.96. The number of hydrogen-bond donors (Lipinski definition) is 2. The van der Waals surface area contributed by atoms with Gasteiger partial charge in [-0.15, -0.1) is 0 Å². The third-order valence-corrected chi connectivity index (χ3v) is 5.04. The van der Waals surface area contributed by atoms with Crippen LogP contribution in [0.2, 0.25) is 0 Å². The summed E-state index contributed by atoms with van der Waals surface area (Å²) >= 11 is 5.34. The largest absolute Gasteiger partial charge is 0.359 e. The topological polar surface area (TPSA) is 53.5 Å². The fourth-order valence-corrected chi connectivity index (χ4v) is 3.87. The van der Waals surface area contributed by atoms with Crippen molar-refractivity contribution in [1.29, 1.82) is 0 Å². The molecule has 4 rings (SSSR count). The van der Waals surface area contributed by atoms with E-state index in [2.05, 4.69) is 15.8 Å². The van der Waals surface area contributed by atoms with Crippen LogP contribution in [-0.2, 0) is 0 Å². The summed E-state index contributed by atoms with van der Waals surface area (Å²) in [4.78, 5) is 12.6. The Hall–Kier alpha value is -2.27. The third kappa shape index (κ3) is 2.69. The quantitative estimate of drug-likeness (QED) is 0.650. The Kier molecular flexibility index (Phi) is 4.02. The van der Waals surface area contributed by atoms with Crippen molar-refractivity contribution >= 4 is 39.6 Å². The van der Waals surface area contributed by atoms with Gasteiger partial charge in [0.1, 0.15) is 5.71 Å². The lowest BCUT2D eigenvalue weighted by Gasteiger charge is -2.23. The van der Waals surface area contributed by atoms with E-state index in [-0.39, 0.29) is 5.78 Å². The van der Waals surface area contributed by atoms with Gasteiger partial charge in [0, 0.05) is 22.6 Å². The Morgan fingerprint density at radius 3 is 2.50 bits per heavy atom. The second kappa shape index (κ2) is 6.32. The summed E-state index contributed by atoms with van der Waals surface area (Å²) in [6.07, 6.45) is 6.07. The predicted octanol–water partition coefficient (Wildman–Crippen LogP) is 3.54. The summed E-state index contributed by atoms with van der Waals surface area (Å²) in [7, 11) is 0. The summed E-state index contributed by atoms with van der Waals surface area (Å²) in [5, 5.41) is 10.2.